The summed E-state index contributed by atoms with van der Waals surface area (Å²) in [6, 6.07) is 17.6. The van der Waals surface area contributed by atoms with E-state index in [1.165, 1.54) is 4.90 Å². The fraction of sp³-hybridized carbons (Fsp3) is 0.435. The number of carbonyl (C=O) groups excluding carboxylic acids is 1. The third-order valence-electron chi connectivity index (χ3n) is 4.75. The molecule has 0 aromatic heterocycles. The van der Waals surface area contributed by atoms with Gasteiger partial charge in [0, 0.05) is 12.5 Å². The molecule has 1 fully saturated rings. The first kappa shape index (κ1) is 20.2. The van der Waals surface area contributed by atoms with Gasteiger partial charge >= 0.3 is 6.09 Å². The Labute approximate surface area is 166 Å². The molecular formula is C23H28FNO3. The second-order valence-corrected chi connectivity index (χ2v) is 8.18. The molecule has 1 aliphatic heterocycles. The zero-order chi connectivity index (χ0) is 20.1. The van der Waals surface area contributed by atoms with Gasteiger partial charge < -0.3 is 14.4 Å². The number of benzene rings is 2. The van der Waals surface area contributed by atoms with Gasteiger partial charge in [0.2, 0.25) is 0 Å². The maximum Gasteiger partial charge on any atom is 0.410 e. The Bertz CT molecular complexity index is 771. The number of alkyl halides is 1. The van der Waals surface area contributed by atoms with Gasteiger partial charge in [0.1, 0.15) is 24.1 Å². The molecule has 0 saturated carbocycles. The van der Waals surface area contributed by atoms with Gasteiger partial charge in [0.15, 0.2) is 0 Å². The number of ether oxygens (including phenoxy) is 2. The zero-order valence-electron chi connectivity index (χ0n) is 16.7. The number of amides is 1. The highest BCUT2D eigenvalue weighted by Crippen LogP contribution is 2.32. The van der Waals surface area contributed by atoms with E-state index in [0.29, 0.717) is 19.6 Å². The van der Waals surface area contributed by atoms with E-state index in [0.717, 1.165) is 16.9 Å². The second-order valence-electron chi connectivity index (χ2n) is 8.18. The summed E-state index contributed by atoms with van der Waals surface area (Å²) >= 11 is 0. The lowest BCUT2D eigenvalue weighted by Gasteiger charge is -2.35. The van der Waals surface area contributed by atoms with Crippen LogP contribution in [0.25, 0.3) is 0 Å². The van der Waals surface area contributed by atoms with E-state index in [1.54, 1.807) is 0 Å². The fourth-order valence-electron chi connectivity index (χ4n) is 3.32. The molecule has 2 aromatic rings. The van der Waals surface area contributed by atoms with Gasteiger partial charge in [0.05, 0.1) is 6.54 Å². The van der Waals surface area contributed by atoms with Crippen LogP contribution in [0.2, 0.25) is 0 Å². The molecule has 3 rings (SSSR count). The minimum absolute atomic E-state index is 0.0613. The fourth-order valence-corrected chi connectivity index (χ4v) is 3.32. The van der Waals surface area contributed by atoms with Crippen molar-refractivity contribution in [3.8, 4) is 5.75 Å². The van der Waals surface area contributed by atoms with Crippen molar-refractivity contribution in [2.45, 2.75) is 51.5 Å². The molecule has 150 valence electrons. The van der Waals surface area contributed by atoms with Gasteiger partial charge in [-0.2, -0.15) is 0 Å². The third-order valence-corrected chi connectivity index (χ3v) is 4.75. The molecule has 28 heavy (non-hydrogen) atoms. The summed E-state index contributed by atoms with van der Waals surface area (Å²) in [5.41, 5.74) is 1.46. The van der Waals surface area contributed by atoms with Crippen LogP contribution in [0.1, 0.15) is 44.2 Å². The van der Waals surface area contributed by atoms with Crippen molar-refractivity contribution in [2.24, 2.45) is 0 Å². The Hall–Kier alpha value is -2.56. The number of rotatable bonds is 4. The normalized spacial score (nSPS) is 19.9. The summed E-state index contributed by atoms with van der Waals surface area (Å²) in [7, 11) is 0. The Balaban J connectivity index is 1.55. The lowest BCUT2D eigenvalue weighted by atomic mass is 9.88. The Kier molecular flexibility index (Phi) is 6.22. The Morgan fingerprint density at radius 2 is 1.79 bits per heavy atom. The highest BCUT2D eigenvalue weighted by molar-refractivity contribution is 5.68. The van der Waals surface area contributed by atoms with Crippen molar-refractivity contribution in [1.29, 1.82) is 0 Å². The number of piperidine rings is 1. The third kappa shape index (κ3) is 5.47. The van der Waals surface area contributed by atoms with Crippen molar-refractivity contribution in [1.82, 2.24) is 4.90 Å². The molecule has 1 amide bonds. The first-order valence-electron chi connectivity index (χ1n) is 9.70. The minimum atomic E-state index is -1.11. The molecule has 2 atom stereocenters. The summed E-state index contributed by atoms with van der Waals surface area (Å²) in [4.78, 5) is 13.6. The largest absolute Gasteiger partial charge is 0.489 e. The molecule has 5 heteroatoms. The highest BCUT2D eigenvalue weighted by Gasteiger charge is 2.34. The molecule has 4 nitrogen and oxygen atoms in total. The van der Waals surface area contributed by atoms with E-state index in [9.17, 15) is 9.18 Å². The molecule has 0 unspecified atom stereocenters. The lowest BCUT2D eigenvalue weighted by molar-refractivity contribution is 0.0111. The minimum Gasteiger partial charge on any atom is -0.489 e. The van der Waals surface area contributed by atoms with Crippen LogP contribution in [0.5, 0.6) is 5.75 Å². The first-order chi connectivity index (χ1) is 13.3. The monoisotopic (exact) mass is 385 g/mol. The lowest BCUT2D eigenvalue weighted by Crippen LogP contribution is -2.46. The molecule has 0 radical (unpaired) electrons. The maximum atomic E-state index is 14.8. The summed E-state index contributed by atoms with van der Waals surface area (Å²) in [6.07, 6.45) is -0.986. The van der Waals surface area contributed by atoms with E-state index < -0.39 is 17.9 Å². The summed E-state index contributed by atoms with van der Waals surface area (Å²) in [5.74, 6) is 0.538. The van der Waals surface area contributed by atoms with E-state index in [2.05, 4.69) is 0 Å². The zero-order valence-corrected chi connectivity index (χ0v) is 16.7. The van der Waals surface area contributed by atoms with E-state index in [4.69, 9.17) is 9.47 Å². The molecule has 2 aromatic carbocycles. The van der Waals surface area contributed by atoms with Crippen LogP contribution in [-0.2, 0) is 11.3 Å². The van der Waals surface area contributed by atoms with Gasteiger partial charge in [-0.1, -0.05) is 42.5 Å². The molecule has 1 aliphatic rings. The quantitative estimate of drug-likeness (QED) is 0.714. The Morgan fingerprint density at radius 3 is 2.39 bits per heavy atom. The summed E-state index contributed by atoms with van der Waals surface area (Å²) < 4.78 is 25.9. The van der Waals surface area contributed by atoms with Crippen molar-refractivity contribution >= 4 is 6.09 Å². The topological polar surface area (TPSA) is 38.8 Å². The van der Waals surface area contributed by atoms with E-state index in [1.807, 2.05) is 75.4 Å². The second kappa shape index (κ2) is 8.63. The Morgan fingerprint density at radius 1 is 1.11 bits per heavy atom. The SMILES string of the molecule is CC(C)(C)OC(=O)N1CC[C@H](c2ccc(OCc3ccccc3)cc2)[C@H](F)C1. The summed E-state index contributed by atoms with van der Waals surface area (Å²) in [5, 5.41) is 0. The number of likely N-dealkylation sites (tertiary alicyclic amines) is 1. The number of nitrogens with zero attached hydrogens (tertiary/aromatic N) is 1. The average Bonchev–Trinajstić information content (AvgIpc) is 2.66. The summed E-state index contributed by atoms with van der Waals surface area (Å²) in [6.45, 7) is 6.49. The van der Waals surface area contributed by atoms with E-state index in [-0.39, 0.29) is 12.5 Å². The van der Waals surface area contributed by atoms with Gasteiger partial charge in [-0.25, -0.2) is 9.18 Å². The molecule has 0 aliphatic carbocycles. The van der Waals surface area contributed by atoms with Gasteiger partial charge in [-0.05, 0) is 50.5 Å². The smallest absolute Gasteiger partial charge is 0.410 e. The van der Waals surface area contributed by atoms with Crippen LogP contribution in [0.3, 0.4) is 0 Å². The van der Waals surface area contributed by atoms with Crippen LogP contribution in [0.15, 0.2) is 54.6 Å². The average molecular weight is 385 g/mol. The molecule has 0 bridgehead atoms. The van der Waals surface area contributed by atoms with Crippen molar-refractivity contribution in [2.75, 3.05) is 13.1 Å². The van der Waals surface area contributed by atoms with Crippen LogP contribution in [0.4, 0.5) is 9.18 Å². The molecule has 1 saturated heterocycles. The van der Waals surface area contributed by atoms with Gasteiger partial charge in [0.25, 0.3) is 0 Å². The van der Waals surface area contributed by atoms with Crippen molar-refractivity contribution in [3.05, 3.63) is 65.7 Å². The number of halogens is 1. The number of hydrogen-bond donors (Lipinski definition) is 0. The van der Waals surface area contributed by atoms with Crippen LogP contribution < -0.4 is 4.74 Å². The van der Waals surface area contributed by atoms with Crippen LogP contribution in [0, 0.1) is 0 Å². The standard InChI is InChI=1S/C23H28FNO3/c1-23(2,3)28-22(26)25-14-13-20(21(24)15-25)18-9-11-19(12-10-18)27-16-17-7-5-4-6-8-17/h4-12,20-21H,13-16H2,1-3H3/t20-,21-/m1/s1. The first-order valence-corrected chi connectivity index (χ1v) is 9.70. The number of carbonyl (C=O) groups is 1. The van der Waals surface area contributed by atoms with Gasteiger partial charge in [-0.3, -0.25) is 0 Å². The van der Waals surface area contributed by atoms with Crippen LogP contribution >= 0.6 is 0 Å². The van der Waals surface area contributed by atoms with Crippen molar-refractivity contribution < 1.29 is 18.7 Å². The maximum absolute atomic E-state index is 14.8. The molecule has 0 spiro atoms. The van der Waals surface area contributed by atoms with Crippen LogP contribution in [-0.4, -0.2) is 35.9 Å². The predicted octanol–water partition coefficient (Wildman–Crippen LogP) is 5.33. The molecule has 1 heterocycles. The van der Waals surface area contributed by atoms with E-state index >= 15 is 0 Å². The molecule has 0 N–H and O–H groups in total. The predicted molar refractivity (Wildman–Crippen MR) is 107 cm³/mol. The number of hydrogen-bond acceptors (Lipinski definition) is 3. The highest BCUT2D eigenvalue weighted by atomic mass is 19.1. The van der Waals surface area contributed by atoms with Gasteiger partial charge in [-0.15, -0.1) is 0 Å². The van der Waals surface area contributed by atoms with Crippen molar-refractivity contribution in [3.63, 3.8) is 0 Å². The molecular weight excluding hydrogens is 357 g/mol.